The van der Waals surface area contributed by atoms with Crippen molar-refractivity contribution in [3.05, 3.63) is 30.2 Å². The van der Waals surface area contributed by atoms with E-state index in [2.05, 4.69) is 34.7 Å². The Morgan fingerprint density at radius 2 is 2.00 bits per heavy atom. The molecule has 3 aliphatic heterocycles. The molecule has 6 rings (SSSR count). The first kappa shape index (κ1) is 20.8. The highest BCUT2D eigenvalue weighted by molar-refractivity contribution is 5.88. The molecule has 2 fully saturated rings. The third kappa shape index (κ3) is 3.74. The van der Waals surface area contributed by atoms with E-state index in [4.69, 9.17) is 19.8 Å². The Hall–Kier alpha value is -2.74. The van der Waals surface area contributed by atoms with E-state index in [9.17, 15) is 0 Å². The van der Waals surface area contributed by atoms with Gasteiger partial charge in [0.1, 0.15) is 5.82 Å². The molecule has 33 heavy (non-hydrogen) atoms. The normalized spacial score (nSPS) is 25.9. The summed E-state index contributed by atoms with van der Waals surface area (Å²) < 4.78 is 8.15. The van der Waals surface area contributed by atoms with Gasteiger partial charge in [-0.05, 0) is 69.9 Å². The summed E-state index contributed by atoms with van der Waals surface area (Å²) >= 11 is 0. The number of anilines is 3. The molecule has 6 heterocycles. The van der Waals surface area contributed by atoms with Crippen molar-refractivity contribution in [3.63, 3.8) is 0 Å². The van der Waals surface area contributed by atoms with Crippen molar-refractivity contribution in [2.75, 3.05) is 29.5 Å². The van der Waals surface area contributed by atoms with Crippen LogP contribution in [0.2, 0.25) is 0 Å². The van der Waals surface area contributed by atoms with Crippen LogP contribution in [0.4, 0.5) is 17.3 Å². The fourth-order valence-electron chi connectivity index (χ4n) is 5.68. The first-order valence-corrected chi connectivity index (χ1v) is 12.5. The highest BCUT2D eigenvalue weighted by atomic mass is 16.5. The van der Waals surface area contributed by atoms with E-state index >= 15 is 0 Å². The largest absolute Gasteiger partial charge is 0.356 e. The molecule has 0 radical (unpaired) electrons. The summed E-state index contributed by atoms with van der Waals surface area (Å²) in [5.41, 5.74) is 3.93. The zero-order valence-corrected chi connectivity index (χ0v) is 19.7. The average Bonchev–Trinajstić information content (AvgIpc) is 3.23. The van der Waals surface area contributed by atoms with Gasteiger partial charge in [-0.2, -0.15) is 0 Å². The van der Waals surface area contributed by atoms with E-state index in [-0.39, 0.29) is 6.23 Å². The summed E-state index contributed by atoms with van der Waals surface area (Å²) in [6.45, 7) is 7.34. The molecule has 8 nitrogen and oxygen atoms in total. The maximum atomic E-state index is 6.15. The second-order valence-corrected chi connectivity index (χ2v) is 9.89. The monoisotopic (exact) mass is 447 g/mol. The standard InChI is InChI=1S/C25H33N7O/c1-17-10-13-30(18(2)15-17)21-16-27-23-24(28-21)32(22-9-3-4-14-33-22)29-25(23)31-12-6-7-19-20(31)8-5-11-26-19/h5,8,11,16-18,22H,3-4,6-7,9-10,12-15H2,1-2H3/t17-,18+,22?/m0/s1. The second kappa shape index (κ2) is 8.56. The third-order valence-corrected chi connectivity index (χ3v) is 7.44. The molecule has 3 aromatic heterocycles. The minimum Gasteiger partial charge on any atom is -0.356 e. The fourth-order valence-corrected chi connectivity index (χ4v) is 5.68. The molecule has 0 aromatic carbocycles. The molecular weight excluding hydrogens is 414 g/mol. The van der Waals surface area contributed by atoms with Crippen LogP contribution in [-0.4, -0.2) is 50.5 Å². The number of aryl methyl sites for hydroxylation is 1. The van der Waals surface area contributed by atoms with Crippen molar-refractivity contribution < 1.29 is 4.74 Å². The highest BCUT2D eigenvalue weighted by Gasteiger charge is 2.30. The summed E-state index contributed by atoms with van der Waals surface area (Å²) in [6.07, 6.45) is 11.4. The highest BCUT2D eigenvalue weighted by Crippen LogP contribution is 2.37. The van der Waals surface area contributed by atoms with Crippen LogP contribution >= 0.6 is 0 Å². The van der Waals surface area contributed by atoms with E-state index in [1.54, 1.807) is 0 Å². The van der Waals surface area contributed by atoms with Crippen LogP contribution < -0.4 is 9.80 Å². The number of piperidine rings is 1. The number of hydrogen-bond acceptors (Lipinski definition) is 7. The van der Waals surface area contributed by atoms with Crippen molar-refractivity contribution in [1.82, 2.24) is 24.7 Å². The first-order chi connectivity index (χ1) is 16.2. The van der Waals surface area contributed by atoms with Gasteiger partial charge in [-0.25, -0.2) is 14.6 Å². The predicted octanol–water partition coefficient (Wildman–Crippen LogP) is 4.63. The minimum atomic E-state index is -0.0866. The lowest BCUT2D eigenvalue weighted by atomic mass is 9.93. The number of nitrogens with zero attached hydrogens (tertiary/aromatic N) is 7. The Morgan fingerprint density at radius 1 is 1.06 bits per heavy atom. The number of rotatable bonds is 3. The van der Waals surface area contributed by atoms with Crippen LogP contribution in [0.3, 0.4) is 0 Å². The van der Waals surface area contributed by atoms with Crippen LogP contribution in [0, 0.1) is 5.92 Å². The quantitative estimate of drug-likeness (QED) is 0.580. The van der Waals surface area contributed by atoms with Gasteiger partial charge in [-0.15, -0.1) is 5.10 Å². The summed E-state index contributed by atoms with van der Waals surface area (Å²) in [6, 6.07) is 4.60. The molecule has 0 bridgehead atoms. The maximum absolute atomic E-state index is 6.15. The number of ether oxygens (including phenoxy) is 1. The summed E-state index contributed by atoms with van der Waals surface area (Å²) in [7, 11) is 0. The van der Waals surface area contributed by atoms with Crippen molar-refractivity contribution in [2.45, 2.75) is 71.1 Å². The van der Waals surface area contributed by atoms with Crippen molar-refractivity contribution >= 4 is 28.5 Å². The van der Waals surface area contributed by atoms with Gasteiger partial charge in [-0.1, -0.05) is 6.92 Å². The van der Waals surface area contributed by atoms with E-state index < -0.39 is 0 Å². The van der Waals surface area contributed by atoms with Gasteiger partial charge in [-0.3, -0.25) is 4.98 Å². The molecule has 0 aliphatic carbocycles. The molecule has 174 valence electrons. The second-order valence-electron chi connectivity index (χ2n) is 9.89. The molecule has 0 N–H and O–H groups in total. The van der Waals surface area contributed by atoms with E-state index in [0.717, 1.165) is 91.9 Å². The van der Waals surface area contributed by atoms with Gasteiger partial charge in [0, 0.05) is 31.9 Å². The topological polar surface area (TPSA) is 72.2 Å². The lowest BCUT2D eigenvalue weighted by molar-refractivity contribution is -0.0368. The molecule has 3 atom stereocenters. The molecule has 1 unspecified atom stereocenters. The van der Waals surface area contributed by atoms with Crippen molar-refractivity contribution in [3.8, 4) is 0 Å². The lowest BCUT2D eigenvalue weighted by Gasteiger charge is -2.37. The molecule has 8 heteroatoms. The zero-order chi connectivity index (χ0) is 22.4. The minimum absolute atomic E-state index is 0.0866. The Bertz CT molecular complexity index is 1140. The molecule has 3 aliphatic rings. The van der Waals surface area contributed by atoms with E-state index in [1.165, 1.54) is 12.8 Å². The van der Waals surface area contributed by atoms with Gasteiger partial charge in [0.2, 0.25) is 0 Å². The summed E-state index contributed by atoms with van der Waals surface area (Å²) in [5.74, 6) is 2.58. The van der Waals surface area contributed by atoms with Crippen molar-refractivity contribution in [1.29, 1.82) is 0 Å². The van der Waals surface area contributed by atoms with Crippen LogP contribution in [0.1, 0.15) is 64.3 Å². The first-order valence-electron chi connectivity index (χ1n) is 12.5. The smallest absolute Gasteiger partial charge is 0.183 e. The molecule has 3 aromatic rings. The number of hydrogen-bond donors (Lipinski definition) is 0. The molecular formula is C25H33N7O. The van der Waals surface area contributed by atoms with Crippen LogP contribution in [0.5, 0.6) is 0 Å². The van der Waals surface area contributed by atoms with Crippen LogP contribution in [0.15, 0.2) is 24.5 Å². The fraction of sp³-hybridized carbons (Fsp3) is 0.600. The molecule has 0 saturated carbocycles. The lowest BCUT2D eigenvalue weighted by Crippen LogP contribution is -2.40. The third-order valence-electron chi connectivity index (χ3n) is 7.44. The number of aromatic nitrogens is 5. The Balaban J connectivity index is 1.46. The number of fused-ring (bicyclic) bond motifs is 2. The molecule has 0 spiro atoms. The van der Waals surface area contributed by atoms with Gasteiger partial charge in [0.25, 0.3) is 0 Å². The van der Waals surface area contributed by atoms with Gasteiger partial charge in [0.15, 0.2) is 23.2 Å². The van der Waals surface area contributed by atoms with Crippen LogP contribution in [-0.2, 0) is 11.2 Å². The summed E-state index contributed by atoms with van der Waals surface area (Å²) in [4.78, 5) is 19.4. The Kier molecular flexibility index (Phi) is 5.40. The van der Waals surface area contributed by atoms with Crippen LogP contribution in [0.25, 0.3) is 11.2 Å². The average molecular weight is 448 g/mol. The SMILES string of the molecule is C[C@H]1CCN(c2cnc3c(N4CCCc5ncccc54)nn(C4CCCCO4)c3n2)[C@H](C)C1. The van der Waals surface area contributed by atoms with Gasteiger partial charge < -0.3 is 14.5 Å². The van der Waals surface area contributed by atoms with E-state index in [0.29, 0.717) is 6.04 Å². The number of pyridine rings is 1. The molecule has 0 amide bonds. The summed E-state index contributed by atoms with van der Waals surface area (Å²) in [5, 5.41) is 5.10. The maximum Gasteiger partial charge on any atom is 0.183 e. The molecule has 2 saturated heterocycles. The van der Waals surface area contributed by atoms with E-state index in [1.807, 2.05) is 23.1 Å². The predicted molar refractivity (Wildman–Crippen MR) is 129 cm³/mol. The van der Waals surface area contributed by atoms with Gasteiger partial charge in [0.05, 0.1) is 17.6 Å². The Labute approximate surface area is 195 Å². The van der Waals surface area contributed by atoms with Gasteiger partial charge >= 0.3 is 0 Å². The van der Waals surface area contributed by atoms with Crippen molar-refractivity contribution in [2.24, 2.45) is 5.92 Å². The zero-order valence-electron chi connectivity index (χ0n) is 19.7. The Morgan fingerprint density at radius 3 is 2.85 bits per heavy atom.